The molecule has 1 fully saturated rings. The van der Waals surface area contributed by atoms with E-state index in [2.05, 4.69) is 5.32 Å². The van der Waals surface area contributed by atoms with Crippen LogP contribution in [0.1, 0.15) is 19.8 Å². The molecule has 2 unspecified atom stereocenters. The van der Waals surface area contributed by atoms with Crippen LogP contribution in [0.3, 0.4) is 0 Å². The third-order valence-electron chi connectivity index (χ3n) is 2.21. The maximum Gasteiger partial charge on any atom is 0.224 e. The zero-order chi connectivity index (χ0) is 10.7. The fourth-order valence-corrected chi connectivity index (χ4v) is 1.54. The second-order valence-electron chi connectivity index (χ2n) is 3.92. The van der Waals surface area contributed by atoms with Gasteiger partial charge >= 0.3 is 0 Å². The SMILES string of the molecule is CC(N)CC(=O)NC1CC(=O)N(C)C1. The van der Waals surface area contributed by atoms with Gasteiger partial charge in [-0.25, -0.2) is 0 Å². The number of nitrogens with one attached hydrogen (secondary N) is 1. The lowest BCUT2D eigenvalue weighted by Gasteiger charge is -2.13. The van der Waals surface area contributed by atoms with Gasteiger partial charge in [0.15, 0.2) is 0 Å². The molecule has 5 heteroatoms. The molecule has 0 aromatic rings. The molecule has 0 spiro atoms. The smallest absolute Gasteiger partial charge is 0.224 e. The summed E-state index contributed by atoms with van der Waals surface area (Å²) in [6, 6.07) is -0.177. The average Bonchev–Trinajstić information content (AvgIpc) is 2.28. The Bertz CT molecular complexity index is 240. The number of amides is 2. The summed E-state index contributed by atoms with van der Waals surface area (Å²) in [5.74, 6) is 0.00389. The predicted molar refractivity (Wildman–Crippen MR) is 52.5 cm³/mol. The molecule has 2 atom stereocenters. The molecule has 0 aliphatic carbocycles. The molecule has 1 aliphatic rings. The number of likely N-dealkylation sites (tertiary alicyclic amines) is 1. The summed E-state index contributed by atoms with van der Waals surface area (Å²) < 4.78 is 0. The summed E-state index contributed by atoms with van der Waals surface area (Å²) >= 11 is 0. The number of hydrogen-bond donors (Lipinski definition) is 2. The van der Waals surface area contributed by atoms with Crippen molar-refractivity contribution in [2.45, 2.75) is 31.8 Å². The Morgan fingerprint density at radius 2 is 2.43 bits per heavy atom. The average molecular weight is 199 g/mol. The minimum Gasteiger partial charge on any atom is -0.351 e. The Hall–Kier alpha value is -1.10. The summed E-state index contributed by atoms with van der Waals surface area (Å²) in [5.41, 5.74) is 5.48. The van der Waals surface area contributed by atoms with Crippen LogP contribution in [0.4, 0.5) is 0 Å². The Kier molecular flexibility index (Phi) is 3.46. The minimum absolute atomic E-state index is 0.0428. The number of nitrogens with two attached hydrogens (primary N) is 1. The molecule has 1 heterocycles. The fraction of sp³-hybridized carbons (Fsp3) is 0.778. The summed E-state index contributed by atoms with van der Waals surface area (Å²) in [4.78, 5) is 24.1. The van der Waals surface area contributed by atoms with Gasteiger partial charge in [0.2, 0.25) is 11.8 Å². The lowest BCUT2D eigenvalue weighted by atomic mass is 10.2. The minimum atomic E-state index is -0.134. The van der Waals surface area contributed by atoms with Crippen molar-refractivity contribution in [2.24, 2.45) is 5.73 Å². The highest BCUT2D eigenvalue weighted by Gasteiger charge is 2.27. The van der Waals surface area contributed by atoms with E-state index in [1.807, 2.05) is 0 Å². The molecular weight excluding hydrogens is 182 g/mol. The number of carbonyl (C=O) groups is 2. The zero-order valence-corrected chi connectivity index (χ0v) is 8.62. The van der Waals surface area contributed by atoms with E-state index < -0.39 is 0 Å². The highest BCUT2D eigenvalue weighted by Crippen LogP contribution is 2.08. The largest absolute Gasteiger partial charge is 0.351 e. The molecule has 0 aromatic carbocycles. The van der Waals surface area contributed by atoms with Crippen LogP contribution in [0.2, 0.25) is 0 Å². The van der Waals surface area contributed by atoms with Gasteiger partial charge in [-0.15, -0.1) is 0 Å². The molecule has 1 aliphatic heterocycles. The molecule has 3 N–H and O–H groups in total. The van der Waals surface area contributed by atoms with Crippen LogP contribution in [0.5, 0.6) is 0 Å². The van der Waals surface area contributed by atoms with Gasteiger partial charge in [0.25, 0.3) is 0 Å². The lowest BCUT2D eigenvalue weighted by molar-refractivity contribution is -0.126. The Morgan fingerprint density at radius 1 is 1.79 bits per heavy atom. The molecule has 0 saturated carbocycles. The third kappa shape index (κ3) is 2.99. The molecule has 2 amide bonds. The van der Waals surface area contributed by atoms with Crippen molar-refractivity contribution in [1.82, 2.24) is 10.2 Å². The van der Waals surface area contributed by atoms with E-state index in [1.54, 1.807) is 18.9 Å². The van der Waals surface area contributed by atoms with Crippen LogP contribution in [0.15, 0.2) is 0 Å². The number of rotatable bonds is 3. The van der Waals surface area contributed by atoms with Gasteiger partial charge in [-0.05, 0) is 6.92 Å². The van der Waals surface area contributed by atoms with Gasteiger partial charge in [0.1, 0.15) is 0 Å². The molecule has 5 nitrogen and oxygen atoms in total. The van der Waals surface area contributed by atoms with Crippen LogP contribution >= 0.6 is 0 Å². The zero-order valence-electron chi connectivity index (χ0n) is 8.62. The third-order valence-corrected chi connectivity index (χ3v) is 2.21. The second-order valence-corrected chi connectivity index (χ2v) is 3.92. The maximum absolute atomic E-state index is 11.3. The van der Waals surface area contributed by atoms with Crippen molar-refractivity contribution in [3.8, 4) is 0 Å². The Labute approximate surface area is 83.6 Å². The first-order valence-corrected chi connectivity index (χ1v) is 4.78. The van der Waals surface area contributed by atoms with Crippen molar-refractivity contribution >= 4 is 11.8 Å². The van der Waals surface area contributed by atoms with Gasteiger partial charge in [0.05, 0.1) is 6.04 Å². The first-order chi connectivity index (χ1) is 6.49. The monoisotopic (exact) mass is 199 g/mol. The summed E-state index contributed by atoms with van der Waals surface area (Å²) in [6.45, 7) is 2.38. The Balaban J connectivity index is 2.32. The second kappa shape index (κ2) is 4.41. The normalized spacial score (nSPS) is 23.8. The van der Waals surface area contributed by atoms with Crippen LogP contribution in [0, 0.1) is 0 Å². The standard InChI is InChI=1S/C9H17N3O2/c1-6(10)3-8(13)11-7-4-9(14)12(2)5-7/h6-7H,3-5,10H2,1-2H3,(H,11,13). The van der Waals surface area contributed by atoms with Gasteiger partial charge in [-0.2, -0.15) is 0 Å². The van der Waals surface area contributed by atoms with E-state index in [9.17, 15) is 9.59 Å². The maximum atomic E-state index is 11.3. The van der Waals surface area contributed by atoms with Gasteiger partial charge in [-0.1, -0.05) is 0 Å². The van der Waals surface area contributed by atoms with Gasteiger partial charge < -0.3 is 16.0 Å². The first-order valence-electron chi connectivity index (χ1n) is 4.78. The van der Waals surface area contributed by atoms with E-state index in [0.717, 1.165) is 0 Å². The highest BCUT2D eigenvalue weighted by atomic mass is 16.2. The topological polar surface area (TPSA) is 75.4 Å². The summed E-state index contributed by atoms with van der Waals surface area (Å²) in [6.07, 6.45) is 0.718. The van der Waals surface area contributed by atoms with Gasteiger partial charge in [-0.3, -0.25) is 9.59 Å². The molecule has 1 saturated heterocycles. The van der Waals surface area contributed by atoms with Crippen molar-refractivity contribution in [3.05, 3.63) is 0 Å². The van der Waals surface area contributed by atoms with Crippen LogP contribution in [0.25, 0.3) is 0 Å². The van der Waals surface area contributed by atoms with Crippen molar-refractivity contribution in [3.63, 3.8) is 0 Å². The molecular formula is C9H17N3O2. The van der Waals surface area contributed by atoms with Crippen LogP contribution in [-0.4, -0.2) is 42.4 Å². The van der Waals surface area contributed by atoms with Gasteiger partial charge in [0, 0.05) is 32.5 Å². The van der Waals surface area contributed by atoms with Crippen molar-refractivity contribution in [2.75, 3.05) is 13.6 Å². The summed E-state index contributed by atoms with van der Waals surface area (Å²) in [5, 5.41) is 2.79. The van der Waals surface area contributed by atoms with E-state index in [1.165, 1.54) is 0 Å². The van der Waals surface area contributed by atoms with Crippen LogP contribution < -0.4 is 11.1 Å². The quantitative estimate of drug-likeness (QED) is 0.616. The number of carbonyl (C=O) groups excluding carboxylic acids is 2. The van der Waals surface area contributed by atoms with E-state index in [0.29, 0.717) is 19.4 Å². The Morgan fingerprint density at radius 3 is 2.86 bits per heavy atom. The summed E-state index contributed by atoms with van der Waals surface area (Å²) in [7, 11) is 1.74. The molecule has 0 radical (unpaired) electrons. The molecule has 14 heavy (non-hydrogen) atoms. The lowest BCUT2D eigenvalue weighted by Crippen LogP contribution is -2.38. The van der Waals surface area contributed by atoms with E-state index in [4.69, 9.17) is 5.73 Å². The molecule has 1 rings (SSSR count). The first kappa shape index (κ1) is 11.0. The predicted octanol–water partition coefficient (Wildman–Crippen LogP) is -0.929. The van der Waals surface area contributed by atoms with E-state index in [-0.39, 0.29) is 23.9 Å². The van der Waals surface area contributed by atoms with Crippen molar-refractivity contribution in [1.29, 1.82) is 0 Å². The molecule has 0 bridgehead atoms. The molecule has 80 valence electrons. The van der Waals surface area contributed by atoms with Crippen LogP contribution in [-0.2, 0) is 9.59 Å². The highest BCUT2D eigenvalue weighted by molar-refractivity contribution is 5.82. The van der Waals surface area contributed by atoms with E-state index >= 15 is 0 Å². The van der Waals surface area contributed by atoms with Crippen molar-refractivity contribution < 1.29 is 9.59 Å². The molecule has 0 aromatic heterocycles. The number of likely N-dealkylation sites (N-methyl/N-ethyl adjacent to an activating group) is 1. The fourth-order valence-electron chi connectivity index (χ4n) is 1.54. The number of nitrogens with zero attached hydrogens (tertiary/aromatic N) is 1. The number of hydrogen-bond acceptors (Lipinski definition) is 3.